The van der Waals surface area contributed by atoms with E-state index < -0.39 is 41.1 Å². The van der Waals surface area contributed by atoms with Crippen molar-refractivity contribution in [3.05, 3.63) is 30.1 Å². The van der Waals surface area contributed by atoms with Gasteiger partial charge in [-0.05, 0) is 32.4 Å². The molecule has 1 aromatic heterocycles. The summed E-state index contributed by atoms with van der Waals surface area (Å²) in [4.78, 5) is 41.6. The Balaban J connectivity index is 2.57. The minimum atomic E-state index is -1.63. The third-order valence-electron chi connectivity index (χ3n) is 4.42. The van der Waals surface area contributed by atoms with E-state index in [0.29, 0.717) is 5.56 Å². The maximum Gasteiger partial charge on any atom is 0.317 e. The highest BCUT2D eigenvalue weighted by atomic mass is 16.5. The van der Waals surface area contributed by atoms with Crippen LogP contribution in [-0.4, -0.2) is 46.6 Å². The number of carbonyl (C=O) groups excluding carboxylic acids is 3. The first kappa shape index (κ1) is 19.1. The van der Waals surface area contributed by atoms with Crippen LogP contribution < -0.4 is 0 Å². The number of Topliss-reactive ketones (excluding diaryl/α,β-unsaturated/α-hetero) is 1. The second-order valence-corrected chi connectivity index (χ2v) is 6.27. The summed E-state index contributed by atoms with van der Waals surface area (Å²) in [5.74, 6) is -4.97. The average Bonchev–Trinajstić information content (AvgIpc) is 2.54. The van der Waals surface area contributed by atoms with E-state index in [1.807, 2.05) is 0 Å². The fourth-order valence-corrected chi connectivity index (χ4v) is 3.45. The number of nitrogens with zero attached hydrogens (tertiary/aromatic N) is 1. The molecule has 7 nitrogen and oxygen atoms in total. The average molecular weight is 349 g/mol. The summed E-state index contributed by atoms with van der Waals surface area (Å²) in [6, 6.07) is 3.32. The van der Waals surface area contributed by atoms with Crippen LogP contribution in [0.25, 0.3) is 0 Å². The zero-order valence-electron chi connectivity index (χ0n) is 14.6. The molecule has 0 spiro atoms. The summed E-state index contributed by atoms with van der Waals surface area (Å²) in [6.45, 7) is 4.95. The third kappa shape index (κ3) is 3.87. The van der Waals surface area contributed by atoms with Crippen molar-refractivity contribution in [1.29, 1.82) is 0 Å². The molecule has 0 aliphatic heterocycles. The number of carbonyl (C=O) groups is 3. The molecule has 136 valence electrons. The van der Waals surface area contributed by atoms with Crippen molar-refractivity contribution in [3.63, 3.8) is 0 Å². The maximum absolute atomic E-state index is 12.6. The molecule has 7 heteroatoms. The highest BCUT2D eigenvalue weighted by molar-refractivity contribution is 6.02. The van der Waals surface area contributed by atoms with Gasteiger partial charge in [-0.25, -0.2) is 0 Å². The lowest BCUT2D eigenvalue weighted by molar-refractivity contribution is -0.172. The van der Waals surface area contributed by atoms with Gasteiger partial charge in [-0.3, -0.25) is 19.4 Å². The lowest BCUT2D eigenvalue weighted by Crippen LogP contribution is -2.55. The molecule has 2 rings (SSSR count). The Hall–Kier alpha value is -2.28. The van der Waals surface area contributed by atoms with E-state index in [2.05, 4.69) is 4.98 Å². The van der Waals surface area contributed by atoms with Gasteiger partial charge in [0.25, 0.3) is 0 Å². The molecule has 1 aliphatic carbocycles. The monoisotopic (exact) mass is 349 g/mol. The molecule has 1 aromatic rings. The molecule has 0 saturated heterocycles. The Bertz CT molecular complexity index is 642. The van der Waals surface area contributed by atoms with Crippen molar-refractivity contribution in [1.82, 2.24) is 4.98 Å². The van der Waals surface area contributed by atoms with Gasteiger partial charge in [-0.15, -0.1) is 0 Å². The maximum atomic E-state index is 12.6. The van der Waals surface area contributed by atoms with E-state index >= 15 is 0 Å². The van der Waals surface area contributed by atoms with Gasteiger partial charge in [-0.1, -0.05) is 6.07 Å². The van der Waals surface area contributed by atoms with E-state index in [-0.39, 0.29) is 19.6 Å². The topological polar surface area (TPSA) is 103 Å². The molecule has 1 heterocycles. The molecule has 0 amide bonds. The minimum absolute atomic E-state index is 0.114. The minimum Gasteiger partial charge on any atom is -0.466 e. The number of aliphatic hydroxyl groups is 1. The second-order valence-electron chi connectivity index (χ2n) is 6.27. The van der Waals surface area contributed by atoms with Crippen molar-refractivity contribution in [2.45, 2.75) is 38.7 Å². The van der Waals surface area contributed by atoms with Gasteiger partial charge < -0.3 is 14.6 Å². The number of rotatable bonds is 5. The molecular weight excluding hydrogens is 326 g/mol. The van der Waals surface area contributed by atoms with Crippen LogP contribution in [0.2, 0.25) is 0 Å². The first-order valence-corrected chi connectivity index (χ1v) is 8.31. The number of hydrogen-bond acceptors (Lipinski definition) is 7. The molecule has 1 aliphatic rings. The van der Waals surface area contributed by atoms with Crippen LogP contribution in [0.15, 0.2) is 24.5 Å². The van der Waals surface area contributed by atoms with Crippen molar-refractivity contribution in [2.24, 2.45) is 11.8 Å². The lowest BCUT2D eigenvalue weighted by atomic mass is 9.62. The number of hydrogen-bond donors (Lipinski definition) is 1. The van der Waals surface area contributed by atoms with Gasteiger partial charge >= 0.3 is 11.9 Å². The Morgan fingerprint density at radius 2 is 1.92 bits per heavy atom. The van der Waals surface area contributed by atoms with Crippen molar-refractivity contribution in [3.8, 4) is 0 Å². The fourth-order valence-electron chi connectivity index (χ4n) is 3.45. The van der Waals surface area contributed by atoms with Gasteiger partial charge in [0.15, 0.2) is 5.78 Å². The van der Waals surface area contributed by atoms with Crippen molar-refractivity contribution < 1.29 is 29.0 Å². The summed E-state index contributed by atoms with van der Waals surface area (Å²) in [5.41, 5.74) is -1.13. The standard InChI is InChI=1S/C18H23NO6/c1-4-24-16(21)14-12(20)9-18(3,23)15(17(22)25-5-2)13(14)11-7-6-8-19-10-11/h6-8,10,13-15,23H,4-5,9H2,1-3H3/t13-,14-,15-,18+/m1/s1. The van der Waals surface area contributed by atoms with Gasteiger partial charge in [0.2, 0.25) is 0 Å². The van der Waals surface area contributed by atoms with Crippen LogP contribution in [0.4, 0.5) is 0 Å². The highest BCUT2D eigenvalue weighted by Gasteiger charge is 2.57. The molecule has 1 saturated carbocycles. The summed E-state index contributed by atoms with van der Waals surface area (Å²) in [7, 11) is 0. The summed E-state index contributed by atoms with van der Waals surface area (Å²) in [6.07, 6.45) is 2.71. The molecule has 25 heavy (non-hydrogen) atoms. The zero-order valence-corrected chi connectivity index (χ0v) is 14.6. The Kier molecular flexibility index (Phi) is 5.89. The van der Waals surface area contributed by atoms with Gasteiger partial charge in [0.05, 0.1) is 24.7 Å². The molecular formula is C18H23NO6. The lowest BCUT2D eigenvalue weighted by Gasteiger charge is -2.43. The first-order chi connectivity index (χ1) is 11.8. The molecule has 0 bridgehead atoms. The summed E-state index contributed by atoms with van der Waals surface area (Å²) in [5, 5.41) is 10.8. The number of pyridine rings is 1. The molecule has 1 N–H and O–H groups in total. The zero-order chi connectivity index (χ0) is 18.6. The smallest absolute Gasteiger partial charge is 0.317 e. The van der Waals surface area contributed by atoms with Gasteiger partial charge in [0, 0.05) is 24.7 Å². The number of aromatic nitrogens is 1. The van der Waals surface area contributed by atoms with Gasteiger partial charge in [0.1, 0.15) is 5.92 Å². The normalized spacial score (nSPS) is 29.1. The molecule has 0 aromatic carbocycles. The van der Waals surface area contributed by atoms with Crippen LogP contribution in [-0.2, 0) is 23.9 Å². The number of esters is 2. The van der Waals surface area contributed by atoms with E-state index in [1.54, 1.807) is 32.2 Å². The van der Waals surface area contributed by atoms with E-state index in [9.17, 15) is 19.5 Å². The second kappa shape index (κ2) is 7.74. The molecule has 4 atom stereocenters. The number of ketones is 1. The molecule has 0 radical (unpaired) electrons. The van der Waals surface area contributed by atoms with Crippen LogP contribution in [0, 0.1) is 11.8 Å². The quantitative estimate of drug-likeness (QED) is 0.630. The fraction of sp³-hybridized carbons (Fsp3) is 0.556. The third-order valence-corrected chi connectivity index (χ3v) is 4.42. The van der Waals surface area contributed by atoms with Crippen molar-refractivity contribution >= 4 is 17.7 Å². The summed E-state index contributed by atoms with van der Waals surface area (Å²) >= 11 is 0. The van der Waals surface area contributed by atoms with E-state index in [0.717, 1.165) is 0 Å². The summed E-state index contributed by atoms with van der Waals surface area (Å²) < 4.78 is 10.2. The molecule has 1 fully saturated rings. The van der Waals surface area contributed by atoms with Crippen LogP contribution in [0.1, 0.15) is 38.7 Å². The van der Waals surface area contributed by atoms with Crippen LogP contribution in [0.5, 0.6) is 0 Å². The van der Waals surface area contributed by atoms with Crippen LogP contribution in [0.3, 0.4) is 0 Å². The molecule has 0 unspecified atom stereocenters. The highest BCUT2D eigenvalue weighted by Crippen LogP contribution is 2.46. The van der Waals surface area contributed by atoms with E-state index in [1.165, 1.54) is 13.1 Å². The number of ether oxygens (including phenoxy) is 2. The first-order valence-electron chi connectivity index (χ1n) is 8.31. The Morgan fingerprint density at radius 3 is 2.48 bits per heavy atom. The largest absolute Gasteiger partial charge is 0.466 e. The van der Waals surface area contributed by atoms with Gasteiger partial charge in [-0.2, -0.15) is 0 Å². The van der Waals surface area contributed by atoms with Crippen molar-refractivity contribution in [2.75, 3.05) is 13.2 Å². The SMILES string of the molecule is CCOC(=O)[C@@H]1C(=O)C[C@](C)(O)[C@@H](C(=O)OCC)[C@@H]1c1cccnc1. The Labute approximate surface area is 146 Å². The van der Waals surface area contributed by atoms with E-state index in [4.69, 9.17) is 9.47 Å². The van der Waals surface area contributed by atoms with Crippen LogP contribution >= 0.6 is 0 Å². The Morgan fingerprint density at radius 1 is 1.28 bits per heavy atom. The predicted octanol–water partition coefficient (Wildman–Crippen LogP) is 1.25. The predicted molar refractivity (Wildman–Crippen MR) is 87.5 cm³/mol.